The Morgan fingerprint density at radius 1 is 1.11 bits per heavy atom. The van der Waals surface area contributed by atoms with Gasteiger partial charge in [-0.1, -0.05) is 36.4 Å². The maximum Gasteiger partial charge on any atom is 0.213 e. The van der Waals surface area contributed by atoms with Crippen LogP contribution in [0.5, 0.6) is 5.88 Å². The van der Waals surface area contributed by atoms with Crippen molar-refractivity contribution in [2.24, 2.45) is 0 Å². The lowest BCUT2D eigenvalue weighted by molar-refractivity contribution is 0.159. The minimum Gasteiger partial charge on any atom is -0.481 e. The molecule has 0 bridgehead atoms. The first-order valence-corrected chi connectivity index (χ1v) is 6.52. The standard InChI is InChI=1S/C16H19NO2/c1-19-16-12-6-10-14(17-16)15(18)11-5-9-13-7-3-2-4-8-13/h2-4,6-8,10,12,15,18H,5,9,11H2,1H3. The lowest BCUT2D eigenvalue weighted by Gasteiger charge is -2.11. The number of methoxy groups -OCH3 is 1. The number of nitrogens with zero attached hydrogens (tertiary/aromatic N) is 1. The quantitative estimate of drug-likeness (QED) is 0.864. The summed E-state index contributed by atoms with van der Waals surface area (Å²) in [5.41, 5.74) is 1.97. The average Bonchev–Trinajstić information content (AvgIpc) is 2.48. The minimum atomic E-state index is -0.529. The zero-order valence-electron chi connectivity index (χ0n) is 11.1. The number of aromatic nitrogens is 1. The number of benzene rings is 1. The van der Waals surface area contributed by atoms with Crippen LogP contribution in [0.1, 0.15) is 30.2 Å². The molecule has 1 heterocycles. The molecule has 0 saturated heterocycles. The van der Waals surface area contributed by atoms with Crippen LogP contribution in [-0.2, 0) is 6.42 Å². The van der Waals surface area contributed by atoms with Crippen LogP contribution < -0.4 is 4.74 Å². The van der Waals surface area contributed by atoms with Gasteiger partial charge in [-0.2, -0.15) is 0 Å². The first-order valence-electron chi connectivity index (χ1n) is 6.52. The fourth-order valence-corrected chi connectivity index (χ4v) is 2.02. The molecule has 0 aliphatic heterocycles. The number of hydrogen-bond acceptors (Lipinski definition) is 3. The van der Waals surface area contributed by atoms with Gasteiger partial charge in [0.15, 0.2) is 0 Å². The van der Waals surface area contributed by atoms with Gasteiger partial charge in [-0.25, -0.2) is 4.98 Å². The van der Waals surface area contributed by atoms with E-state index in [1.165, 1.54) is 5.56 Å². The lowest BCUT2D eigenvalue weighted by Crippen LogP contribution is -2.02. The third-order valence-electron chi connectivity index (χ3n) is 3.08. The zero-order chi connectivity index (χ0) is 13.5. The second kappa shape index (κ2) is 6.90. The predicted octanol–water partition coefficient (Wildman–Crippen LogP) is 3.15. The second-order valence-corrected chi connectivity index (χ2v) is 4.50. The fraction of sp³-hybridized carbons (Fsp3) is 0.312. The smallest absolute Gasteiger partial charge is 0.213 e. The maximum atomic E-state index is 10.1. The molecular weight excluding hydrogens is 238 g/mol. The van der Waals surface area contributed by atoms with E-state index in [0.717, 1.165) is 12.8 Å². The summed E-state index contributed by atoms with van der Waals surface area (Å²) in [6.45, 7) is 0. The Kier molecular flexibility index (Phi) is 4.93. The molecule has 3 heteroatoms. The van der Waals surface area contributed by atoms with E-state index in [-0.39, 0.29) is 0 Å². The summed E-state index contributed by atoms with van der Waals surface area (Å²) in [5, 5.41) is 10.1. The third-order valence-corrected chi connectivity index (χ3v) is 3.08. The van der Waals surface area contributed by atoms with Gasteiger partial charge in [0.25, 0.3) is 0 Å². The SMILES string of the molecule is COc1cccc(C(O)CCCc2ccccc2)n1. The van der Waals surface area contributed by atoms with E-state index in [9.17, 15) is 5.11 Å². The normalized spacial score (nSPS) is 12.1. The maximum absolute atomic E-state index is 10.1. The van der Waals surface area contributed by atoms with Crippen molar-refractivity contribution in [3.8, 4) is 5.88 Å². The highest BCUT2D eigenvalue weighted by Gasteiger charge is 2.09. The van der Waals surface area contributed by atoms with Gasteiger partial charge < -0.3 is 9.84 Å². The molecule has 1 atom stereocenters. The van der Waals surface area contributed by atoms with Crippen molar-refractivity contribution in [2.75, 3.05) is 7.11 Å². The van der Waals surface area contributed by atoms with E-state index < -0.39 is 6.10 Å². The molecule has 1 aromatic carbocycles. The average molecular weight is 257 g/mol. The lowest BCUT2D eigenvalue weighted by atomic mass is 10.0. The van der Waals surface area contributed by atoms with Crippen LogP contribution in [0, 0.1) is 0 Å². The highest BCUT2D eigenvalue weighted by atomic mass is 16.5. The Morgan fingerprint density at radius 2 is 1.89 bits per heavy atom. The van der Waals surface area contributed by atoms with Crippen LogP contribution in [0.3, 0.4) is 0 Å². The number of aliphatic hydroxyl groups excluding tert-OH is 1. The molecule has 3 nitrogen and oxygen atoms in total. The van der Waals surface area contributed by atoms with Crippen molar-refractivity contribution in [2.45, 2.75) is 25.4 Å². The summed E-state index contributed by atoms with van der Waals surface area (Å²) < 4.78 is 5.06. The Bertz CT molecular complexity index is 499. The van der Waals surface area contributed by atoms with Gasteiger partial charge in [0, 0.05) is 6.07 Å². The number of ether oxygens (including phenoxy) is 1. The van der Waals surface area contributed by atoms with Crippen LogP contribution in [0.2, 0.25) is 0 Å². The Labute approximate surface area is 113 Å². The van der Waals surface area contributed by atoms with Gasteiger partial charge in [-0.3, -0.25) is 0 Å². The number of hydrogen-bond donors (Lipinski definition) is 1. The van der Waals surface area contributed by atoms with E-state index in [4.69, 9.17) is 4.74 Å². The van der Waals surface area contributed by atoms with Gasteiger partial charge in [0.1, 0.15) is 0 Å². The van der Waals surface area contributed by atoms with Gasteiger partial charge in [0.05, 0.1) is 18.9 Å². The largest absolute Gasteiger partial charge is 0.481 e. The second-order valence-electron chi connectivity index (χ2n) is 4.50. The van der Waals surface area contributed by atoms with Crippen LogP contribution in [0.15, 0.2) is 48.5 Å². The minimum absolute atomic E-state index is 0.529. The molecule has 0 saturated carbocycles. The van der Waals surface area contributed by atoms with E-state index >= 15 is 0 Å². The molecule has 0 spiro atoms. The van der Waals surface area contributed by atoms with Crippen molar-refractivity contribution < 1.29 is 9.84 Å². The van der Waals surface area contributed by atoms with E-state index in [0.29, 0.717) is 18.0 Å². The van der Waals surface area contributed by atoms with Crippen LogP contribution in [0.25, 0.3) is 0 Å². The molecule has 1 aromatic heterocycles. The molecular formula is C16H19NO2. The highest BCUT2D eigenvalue weighted by Crippen LogP contribution is 2.19. The van der Waals surface area contributed by atoms with Crippen LogP contribution in [-0.4, -0.2) is 17.2 Å². The first-order chi connectivity index (χ1) is 9.29. The summed E-state index contributed by atoms with van der Waals surface area (Å²) in [6.07, 6.45) is 2.08. The van der Waals surface area contributed by atoms with E-state index in [2.05, 4.69) is 17.1 Å². The highest BCUT2D eigenvalue weighted by molar-refractivity contribution is 5.17. The summed E-state index contributed by atoms with van der Waals surface area (Å²) in [7, 11) is 1.58. The van der Waals surface area contributed by atoms with Crippen molar-refractivity contribution >= 4 is 0 Å². The van der Waals surface area contributed by atoms with Gasteiger partial charge >= 0.3 is 0 Å². The molecule has 0 aliphatic rings. The van der Waals surface area contributed by atoms with Crippen molar-refractivity contribution in [3.05, 3.63) is 59.8 Å². The van der Waals surface area contributed by atoms with Crippen molar-refractivity contribution in [1.29, 1.82) is 0 Å². The third kappa shape index (κ3) is 4.07. The predicted molar refractivity (Wildman–Crippen MR) is 75.1 cm³/mol. The monoisotopic (exact) mass is 257 g/mol. The molecule has 1 N–H and O–H groups in total. The Balaban J connectivity index is 1.85. The van der Waals surface area contributed by atoms with Gasteiger partial charge in [-0.05, 0) is 30.9 Å². The molecule has 100 valence electrons. The molecule has 2 rings (SSSR count). The molecule has 0 amide bonds. The van der Waals surface area contributed by atoms with Crippen LogP contribution in [0.4, 0.5) is 0 Å². The van der Waals surface area contributed by atoms with Gasteiger partial charge in [0.2, 0.25) is 5.88 Å². The molecule has 19 heavy (non-hydrogen) atoms. The Morgan fingerprint density at radius 3 is 2.63 bits per heavy atom. The topological polar surface area (TPSA) is 42.4 Å². The number of pyridine rings is 1. The molecule has 1 unspecified atom stereocenters. The van der Waals surface area contributed by atoms with Crippen molar-refractivity contribution in [1.82, 2.24) is 4.98 Å². The molecule has 0 radical (unpaired) electrons. The number of aliphatic hydroxyl groups is 1. The first kappa shape index (κ1) is 13.6. The van der Waals surface area contributed by atoms with Crippen LogP contribution >= 0.6 is 0 Å². The van der Waals surface area contributed by atoms with E-state index in [1.807, 2.05) is 30.3 Å². The summed E-state index contributed by atoms with van der Waals surface area (Å²) in [6, 6.07) is 15.8. The molecule has 2 aromatic rings. The Hall–Kier alpha value is -1.87. The summed E-state index contributed by atoms with van der Waals surface area (Å²) in [4.78, 5) is 4.24. The molecule has 0 aliphatic carbocycles. The van der Waals surface area contributed by atoms with Gasteiger partial charge in [-0.15, -0.1) is 0 Å². The number of rotatable bonds is 6. The molecule has 0 fully saturated rings. The zero-order valence-corrected chi connectivity index (χ0v) is 11.1. The number of aryl methyl sites for hydroxylation is 1. The summed E-state index contributed by atoms with van der Waals surface area (Å²) in [5.74, 6) is 0.541. The summed E-state index contributed by atoms with van der Waals surface area (Å²) >= 11 is 0. The fourth-order valence-electron chi connectivity index (χ4n) is 2.02. The van der Waals surface area contributed by atoms with E-state index in [1.54, 1.807) is 13.2 Å². The van der Waals surface area contributed by atoms with Crippen molar-refractivity contribution in [3.63, 3.8) is 0 Å².